The summed E-state index contributed by atoms with van der Waals surface area (Å²) in [6.07, 6.45) is 1.04. The maximum absolute atomic E-state index is 14.2. The van der Waals surface area contributed by atoms with Gasteiger partial charge in [-0.25, -0.2) is 15.8 Å². The van der Waals surface area contributed by atoms with Crippen LogP contribution in [-0.4, -0.2) is 36.3 Å². The molecule has 0 unspecified atom stereocenters. The fraction of sp³-hybridized carbons (Fsp3) is 0.429. The number of carbonyl (C=O) groups is 1. The first-order valence-electron chi connectivity index (χ1n) is 7.09. The van der Waals surface area contributed by atoms with Gasteiger partial charge in [0.05, 0.1) is 13.2 Å². The summed E-state index contributed by atoms with van der Waals surface area (Å²) in [5.74, 6) is 5.27. The van der Waals surface area contributed by atoms with Gasteiger partial charge in [-0.3, -0.25) is 4.79 Å². The van der Waals surface area contributed by atoms with Crippen LogP contribution < -0.4 is 21.8 Å². The molecule has 1 fully saturated rings. The third kappa shape index (κ3) is 2.69. The van der Waals surface area contributed by atoms with E-state index in [1.54, 1.807) is 4.90 Å². The highest BCUT2D eigenvalue weighted by Crippen LogP contribution is 2.35. The smallest absolute Gasteiger partial charge is 0.223 e. The first-order chi connectivity index (χ1) is 10.6. The summed E-state index contributed by atoms with van der Waals surface area (Å²) in [6, 6.07) is 3.23. The van der Waals surface area contributed by atoms with Crippen molar-refractivity contribution in [3.8, 4) is 5.75 Å². The minimum atomic E-state index is -0.328. The molecule has 1 atom stereocenters. The molecular weight excluding hydrogens is 289 g/mol. The fourth-order valence-electron chi connectivity index (χ4n) is 2.98. The van der Waals surface area contributed by atoms with Crippen molar-refractivity contribution in [2.45, 2.75) is 18.8 Å². The summed E-state index contributed by atoms with van der Waals surface area (Å²) in [5, 5.41) is 3.62. The standard InChI is InChI=1S/C14H18FN5O2/c15-11-5-12-8(1-2-22-12)3-10(11)9-4-14(21)20(6-9)7-13(16)18-19-17/h3,5,9,19H,1-2,4,6-7,17H2,(H2,16,18)/t9-/m0/s1. The predicted octanol–water partition coefficient (Wildman–Crippen LogP) is -0.188. The molecule has 1 aromatic rings. The van der Waals surface area contributed by atoms with Crippen LogP contribution in [0.25, 0.3) is 0 Å². The van der Waals surface area contributed by atoms with Gasteiger partial charge < -0.3 is 15.4 Å². The molecule has 7 nitrogen and oxygen atoms in total. The monoisotopic (exact) mass is 307 g/mol. The van der Waals surface area contributed by atoms with Crippen LogP contribution in [0.15, 0.2) is 17.2 Å². The van der Waals surface area contributed by atoms with Gasteiger partial charge in [-0.1, -0.05) is 0 Å². The van der Waals surface area contributed by atoms with Crippen LogP contribution in [0.5, 0.6) is 5.75 Å². The number of likely N-dealkylation sites (tertiary alicyclic amines) is 1. The first-order valence-corrected chi connectivity index (χ1v) is 7.09. The number of hydrazine groups is 1. The van der Waals surface area contributed by atoms with Crippen molar-refractivity contribution < 1.29 is 13.9 Å². The van der Waals surface area contributed by atoms with Gasteiger partial charge in [0.2, 0.25) is 5.91 Å². The Morgan fingerprint density at radius 1 is 1.55 bits per heavy atom. The van der Waals surface area contributed by atoms with Gasteiger partial charge in [-0.2, -0.15) is 5.10 Å². The van der Waals surface area contributed by atoms with E-state index in [-0.39, 0.29) is 36.4 Å². The number of ether oxygens (including phenoxy) is 1. The summed E-state index contributed by atoms with van der Waals surface area (Å²) in [6.45, 7) is 1.17. The second kappa shape index (κ2) is 5.80. The Morgan fingerprint density at radius 3 is 3.14 bits per heavy atom. The number of nitrogens with one attached hydrogen (secondary N) is 1. The van der Waals surface area contributed by atoms with Gasteiger partial charge in [0.15, 0.2) is 0 Å². The number of halogens is 1. The highest BCUT2D eigenvalue weighted by molar-refractivity contribution is 5.88. The molecule has 0 radical (unpaired) electrons. The lowest BCUT2D eigenvalue weighted by Gasteiger charge is -2.16. The molecule has 0 spiro atoms. The van der Waals surface area contributed by atoms with Crippen molar-refractivity contribution in [3.63, 3.8) is 0 Å². The van der Waals surface area contributed by atoms with E-state index >= 15 is 0 Å². The maximum Gasteiger partial charge on any atom is 0.223 e. The van der Waals surface area contributed by atoms with Gasteiger partial charge in [-0.05, 0) is 17.2 Å². The largest absolute Gasteiger partial charge is 0.493 e. The topological polar surface area (TPSA) is 106 Å². The van der Waals surface area contributed by atoms with E-state index in [9.17, 15) is 9.18 Å². The van der Waals surface area contributed by atoms with Gasteiger partial charge >= 0.3 is 0 Å². The summed E-state index contributed by atoms with van der Waals surface area (Å²) in [5.41, 5.74) is 9.28. The van der Waals surface area contributed by atoms with Crippen LogP contribution in [0.3, 0.4) is 0 Å². The normalized spacial score (nSPS) is 21.0. The maximum atomic E-state index is 14.2. The fourth-order valence-corrected chi connectivity index (χ4v) is 2.98. The predicted molar refractivity (Wildman–Crippen MR) is 78.5 cm³/mol. The molecule has 0 saturated carbocycles. The van der Waals surface area contributed by atoms with E-state index < -0.39 is 0 Å². The molecule has 3 rings (SSSR count). The number of hydrazone groups is 1. The summed E-state index contributed by atoms with van der Waals surface area (Å²) in [7, 11) is 0. The number of benzene rings is 1. The number of rotatable bonds is 4. The van der Waals surface area contributed by atoms with Crippen LogP contribution in [0.4, 0.5) is 4.39 Å². The van der Waals surface area contributed by atoms with E-state index in [4.69, 9.17) is 16.3 Å². The van der Waals surface area contributed by atoms with Crippen molar-refractivity contribution in [1.29, 1.82) is 0 Å². The van der Waals surface area contributed by atoms with Gasteiger partial charge in [-0.15, -0.1) is 0 Å². The second-order valence-corrected chi connectivity index (χ2v) is 5.49. The molecular formula is C14H18FN5O2. The minimum Gasteiger partial charge on any atom is -0.493 e. The lowest BCUT2D eigenvalue weighted by molar-refractivity contribution is -0.127. The van der Waals surface area contributed by atoms with Crippen molar-refractivity contribution in [3.05, 3.63) is 29.1 Å². The molecule has 8 heteroatoms. The van der Waals surface area contributed by atoms with E-state index in [2.05, 4.69) is 10.6 Å². The highest BCUT2D eigenvalue weighted by Gasteiger charge is 2.33. The van der Waals surface area contributed by atoms with Crippen LogP contribution >= 0.6 is 0 Å². The number of hydrogen-bond acceptors (Lipinski definition) is 5. The van der Waals surface area contributed by atoms with Gasteiger partial charge in [0.25, 0.3) is 0 Å². The Hall–Kier alpha value is -2.35. The molecule has 2 aliphatic rings. The third-order valence-electron chi connectivity index (χ3n) is 4.02. The number of amides is 1. The lowest BCUT2D eigenvalue weighted by atomic mass is 9.95. The van der Waals surface area contributed by atoms with Gasteiger partial charge in [0, 0.05) is 31.4 Å². The Labute approximate surface area is 127 Å². The number of fused-ring (bicyclic) bond motifs is 1. The van der Waals surface area contributed by atoms with Crippen LogP contribution in [0, 0.1) is 5.82 Å². The van der Waals surface area contributed by atoms with Crippen molar-refractivity contribution in [2.24, 2.45) is 16.7 Å². The summed E-state index contributed by atoms with van der Waals surface area (Å²) >= 11 is 0. The van der Waals surface area contributed by atoms with E-state index in [0.717, 1.165) is 12.0 Å². The molecule has 5 N–H and O–H groups in total. The van der Waals surface area contributed by atoms with Crippen molar-refractivity contribution >= 4 is 11.7 Å². The van der Waals surface area contributed by atoms with E-state index in [1.807, 2.05) is 6.07 Å². The number of amidine groups is 1. The minimum absolute atomic E-state index is 0.0729. The molecule has 22 heavy (non-hydrogen) atoms. The Kier molecular flexibility index (Phi) is 3.84. The zero-order chi connectivity index (χ0) is 15.7. The number of hydrogen-bond donors (Lipinski definition) is 3. The zero-order valence-corrected chi connectivity index (χ0v) is 12.0. The second-order valence-electron chi connectivity index (χ2n) is 5.49. The van der Waals surface area contributed by atoms with Crippen LogP contribution in [0.1, 0.15) is 23.5 Å². The first kappa shape index (κ1) is 14.6. The number of nitrogens with two attached hydrogens (primary N) is 2. The van der Waals surface area contributed by atoms with Crippen LogP contribution in [-0.2, 0) is 11.2 Å². The molecule has 0 aliphatic carbocycles. The highest BCUT2D eigenvalue weighted by atomic mass is 19.1. The Bertz CT molecular complexity index is 634. The lowest BCUT2D eigenvalue weighted by Crippen LogP contribution is -2.36. The Balaban J connectivity index is 1.77. The average Bonchev–Trinajstić information content (AvgIpc) is 3.05. The number of nitrogens with zero attached hydrogens (tertiary/aromatic N) is 2. The molecule has 2 aliphatic heterocycles. The molecule has 1 amide bonds. The molecule has 1 saturated heterocycles. The van der Waals surface area contributed by atoms with Crippen molar-refractivity contribution in [1.82, 2.24) is 10.4 Å². The van der Waals surface area contributed by atoms with Crippen molar-refractivity contribution in [2.75, 3.05) is 19.7 Å². The molecule has 0 aromatic heterocycles. The zero-order valence-electron chi connectivity index (χ0n) is 12.0. The molecule has 1 aromatic carbocycles. The summed E-state index contributed by atoms with van der Waals surface area (Å²) < 4.78 is 19.6. The van der Waals surface area contributed by atoms with E-state index in [1.165, 1.54) is 6.07 Å². The quantitative estimate of drug-likeness (QED) is 0.309. The molecule has 2 heterocycles. The molecule has 118 valence electrons. The van der Waals surface area contributed by atoms with Crippen LogP contribution in [0.2, 0.25) is 0 Å². The third-order valence-corrected chi connectivity index (χ3v) is 4.02. The average molecular weight is 307 g/mol. The number of carbonyl (C=O) groups excluding carboxylic acids is 1. The summed E-state index contributed by atoms with van der Waals surface area (Å²) in [4.78, 5) is 13.6. The Morgan fingerprint density at radius 2 is 2.36 bits per heavy atom. The molecule has 0 bridgehead atoms. The SMILES string of the molecule is NN/N=C(\N)CN1C[C@@H](c2cc3c(cc2F)OCC3)CC1=O. The van der Waals surface area contributed by atoms with E-state index in [0.29, 0.717) is 24.5 Å². The van der Waals surface area contributed by atoms with Gasteiger partial charge in [0.1, 0.15) is 17.4 Å².